The molecule has 1 fully saturated rings. The van der Waals surface area contributed by atoms with Gasteiger partial charge >= 0.3 is 5.97 Å². The third-order valence-corrected chi connectivity index (χ3v) is 4.36. The van der Waals surface area contributed by atoms with E-state index in [4.69, 9.17) is 5.11 Å². The maximum absolute atomic E-state index is 11.8. The Hall–Kier alpha value is -1.82. The average molecular weight is 308 g/mol. The molecule has 0 radical (unpaired) electrons. The summed E-state index contributed by atoms with van der Waals surface area (Å²) in [4.78, 5) is 24.9. The molecule has 1 aromatic heterocycles. The Bertz CT molecular complexity index is 601. The van der Waals surface area contributed by atoms with Crippen molar-refractivity contribution in [2.75, 3.05) is 13.1 Å². The number of carboxylic acid groups (broad SMARTS) is 1. The van der Waals surface area contributed by atoms with Crippen LogP contribution in [0.4, 0.5) is 0 Å². The number of rotatable bonds is 5. The Kier molecular flexibility index (Phi) is 5.24. The highest BCUT2D eigenvalue weighted by molar-refractivity contribution is 5.70. The van der Waals surface area contributed by atoms with Gasteiger partial charge in [0.2, 0.25) is 5.43 Å². The van der Waals surface area contributed by atoms with Crippen molar-refractivity contribution in [3.05, 3.63) is 27.7 Å². The van der Waals surface area contributed by atoms with E-state index in [1.54, 1.807) is 0 Å². The second kappa shape index (κ2) is 6.96. The van der Waals surface area contributed by atoms with E-state index in [1.807, 2.05) is 11.5 Å². The Morgan fingerprint density at radius 1 is 1.36 bits per heavy atom. The molecule has 2 heterocycles. The number of aliphatic carboxylic acids is 1. The van der Waals surface area contributed by atoms with Crippen LogP contribution in [0.2, 0.25) is 0 Å². The molecule has 0 aliphatic carbocycles. The van der Waals surface area contributed by atoms with Crippen LogP contribution in [0.15, 0.2) is 10.9 Å². The molecule has 0 atom stereocenters. The van der Waals surface area contributed by atoms with E-state index in [2.05, 4.69) is 11.8 Å². The first-order valence-corrected chi connectivity index (χ1v) is 7.81. The Balaban J connectivity index is 2.19. The number of likely N-dealkylation sites (tertiary alicyclic amines) is 1. The molecule has 1 aliphatic rings. The molecular weight excluding hydrogens is 284 g/mol. The molecule has 2 rings (SSSR count). The number of aromatic hydroxyl groups is 1. The molecule has 1 aromatic rings. The molecule has 0 bridgehead atoms. The number of carbonyl (C=O) groups is 1. The maximum Gasteiger partial charge on any atom is 0.306 e. The molecule has 1 saturated heterocycles. The van der Waals surface area contributed by atoms with Gasteiger partial charge in [-0.1, -0.05) is 6.92 Å². The van der Waals surface area contributed by atoms with E-state index in [-0.39, 0.29) is 17.1 Å². The molecule has 1 aliphatic heterocycles. The van der Waals surface area contributed by atoms with Crippen molar-refractivity contribution in [3.63, 3.8) is 0 Å². The van der Waals surface area contributed by atoms with Crippen LogP contribution >= 0.6 is 0 Å². The predicted octanol–water partition coefficient (Wildman–Crippen LogP) is 1.57. The first kappa shape index (κ1) is 16.5. The molecular formula is C16H24N2O4. The Morgan fingerprint density at radius 2 is 2.00 bits per heavy atom. The number of aromatic nitrogens is 1. The van der Waals surface area contributed by atoms with E-state index < -0.39 is 5.97 Å². The minimum absolute atomic E-state index is 0.181. The highest BCUT2D eigenvalue weighted by Gasteiger charge is 2.25. The zero-order valence-corrected chi connectivity index (χ0v) is 13.2. The molecule has 22 heavy (non-hydrogen) atoms. The number of hydrogen-bond acceptors (Lipinski definition) is 4. The topological polar surface area (TPSA) is 82.8 Å². The molecule has 0 spiro atoms. The smallest absolute Gasteiger partial charge is 0.306 e. The van der Waals surface area contributed by atoms with Gasteiger partial charge in [-0.25, -0.2) is 0 Å². The lowest BCUT2D eigenvalue weighted by Crippen LogP contribution is -2.37. The third kappa shape index (κ3) is 3.50. The van der Waals surface area contributed by atoms with Crippen molar-refractivity contribution in [1.82, 2.24) is 9.47 Å². The van der Waals surface area contributed by atoms with Crippen LogP contribution < -0.4 is 5.43 Å². The van der Waals surface area contributed by atoms with Crippen LogP contribution in [0.3, 0.4) is 0 Å². The lowest BCUT2D eigenvalue weighted by atomic mass is 9.97. The minimum atomic E-state index is -0.735. The fourth-order valence-electron chi connectivity index (χ4n) is 3.06. The quantitative estimate of drug-likeness (QED) is 0.863. The van der Waals surface area contributed by atoms with Crippen LogP contribution in [0.5, 0.6) is 5.75 Å². The summed E-state index contributed by atoms with van der Waals surface area (Å²) >= 11 is 0. The SMILES string of the molecule is CCCn1c(C)cc(=O)c(O)c1CN1CCC(C(=O)O)CC1. The Morgan fingerprint density at radius 3 is 2.55 bits per heavy atom. The van der Waals surface area contributed by atoms with Crippen molar-refractivity contribution in [3.8, 4) is 5.75 Å². The summed E-state index contributed by atoms with van der Waals surface area (Å²) in [6, 6.07) is 1.46. The van der Waals surface area contributed by atoms with E-state index in [1.165, 1.54) is 6.07 Å². The summed E-state index contributed by atoms with van der Waals surface area (Å²) in [7, 11) is 0. The molecule has 0 aromatic carbocycles. The summed E-state index contributed by atoms with van der Waals surface area (Å²) in [5.41, 5.74) is 1.14. The summed E-state index contributed by atoms with van der Waals surface area (Å²) in [6.45, 7) is 6.50. The highest BCUT2D eigenvalue weighted by atomic mass is 16.4. The van der Waals surface area contributed by atoms with Gasteiger partial charge < -0.3 is 14.8 Å². The number of hydrogen-bond donors (Lipinski definition) is 2. The number of nitrogens with zero attached hydrogens (tertiary/aromatic N) is 2. The first-order chi connectivity index (χ1) is 10.4. The van der Waals surface area contributed by atoms with Gasteiger partial charge in [-0.15, -0.1) is 0 Å². The van der Waals surface area contributed by atoms with Gasteiger partial charge in [0.25, 0.3) is 0 Å². The van der Waals surface area contributed by atoms with Crippen LogP contribution in [-0.2, 0) is 17.9 Å². The maximum atomic E-state index is 11.8. The first-order valence-electron chi connectivity index (χ1n) is 7.81. The van der Waals surface area contributed by atoms with Crippen molar-refractivity contribution in [2.45, 2.75) is 46.2 Å². The second-order valence-corrected chi connectivity index (χ2v) is 5.99. The number of piperidine rings is 1. The van der Waals surface area contributed by atoms with Crippen molar-refractivity contribution in [2.24, 2.45) is 5.92 Å². The largest absolute Gasteiger partial charge is 0.503 e. The monoisotopic (exact) mass is 308 g/mol. The van der Waals surface area contributed by atoms with Gasteiger partial charge in [-0.2, -0.15) is 0 Å². The fourth-order valence-corrected chi connectivity index (χ4v) is 3.06. The van der Waals surface area contributed by atoms with Gasteiger partial charge in [0.15, 0.2) is 5.75 Å². The molecule has 0 unspecified atom stereocenters. The summed E-state index contributed by atoms with van der Waals surface area (Å²) in [5.74, 6) is -1.19. The van der Waals surface area contributed by atoms with Gasteiger partial charge in [-0.05, 0) is 39.3 Å². The zero-order valence-electron chi connectivity index (χ0n) is 13.2. The lowest BCUT2D eigenvalue weighted by Gasteiger charge is -2.31. The van der Waals surface area contributed by atoms with E-state index in [9.17, 15) is 14.7 Å². The molecule has 122 valence electrons. The molecule has 6 heteroatoms. The number of pyridine rings is 1. The molecule has 0 saturated carbocycles. The van der Waals surface area contributed by atoms with Crippen molar-refractivity contribution < 1.29 is 15.0 Å². The zero-order chi connectivity index (χ0) is 16.3. The predicted molar refractivity (Wildman–Crippen MR) is 83.0 cm³/mol. The standard InChI is InChI=1S/C16H24N2O4/c1-3-6-18-11(2)9-14(19)15(20)13(18)10-17-7-4-12(5-8-17)16(21)22/h9,12,20H,3-8,10H2,1-2H3,(H,21,22). The van der Waals surface area contributed by atoms with Crippen LogP contribution in [0.25, 0.3) is 0 Å². The van der Waals surface area contributed by atoms with Gasteiger partial charge in [-0.3, -0.25) is 14.5 Å². The van der Waals surface area contributed by atoms with Gasteiger partial charge in [0, 0.05) is 24.8 Å². The van der Waals surface area contributed by atoms with Crippen molar-refractivity contribution in [1.29, 1.82) is 0 Å². The second-order valence-electron chi connectivity index (χ2n) is 5.99. The van der Waals surface area contributed by atoms with Crippen molar-refractivity contribution >= 4 is 5.97 Å². The molecule has 2 N–H and O–H groups in total. The normalized spacial score (nSPS) is 16.8. The van der Waals surface area contributed by atoms with Gasteiger partial charge in [0.1, 0.15) is 0 Å². The van der Waals surface area contributed by atoms with E-state index >= 15 is 0 Å². The van der Waals surface area contributed by atoms with Crippen LogP contribution in [-0.4, -0.2) is 38.7 Å². The fraction of sp³-hybridized carbons (Fsp3) is 0.625. The van der Waals surface area contributed by atoms with E-state index in [0.29, 0.717) is 38.2 Å². The number of aryl methyl sites for hydroxylation is 1. The molecule has 0 amide bonds. The summed E-state index contributed by atoms with van der Waals surface area (Å²) in [5, 5.41) is 19.2. The third-order valence-electron chi connectivity index (χ3n) is 4.36. The highest BCUT2D eigenvalue weighted by Crippen LogP contribution is 2.22. The van der Waals surface area contributed by atoms with Crippen LogP contribution in [0.1, 0.15) is 37.6 Å². The summed E-state index contributed by atoms with van der Waals surface area (Å²) < 4.78 is 1.99. The lowest BCUT2D eigenvalue weighted by molar-refractivity contribution is -0.143. The van der Waals surface area contributed by atoms with E-state index in [0.717, 1.165) is 18.7 Å². The number of carboxylic acids is 1. The average Bonchev–Trinajstić information content (AvgIpc) is 2.49. The van der Waals surface area contributed by atoms with Gasteiger partial charge in [0.05, 0.1) is 11.6 Å². The molecule has 6 nitrogen and oxygen atoms in total. The van der Waals surface area contributed by atoms with Crippen LogP contribution in [0, 0.1) is 12.8 Å². The Labute approximate surface area is 130 Å². The minimum Gasteiger partial charge on any atom is -0.503 e. The summed E-state index contributed by atoms with van der Waals surface area (Å²) in [6.07, 6.45) is 2.14.